The molecule has 0 fully saturated rings. The van der Waals surface area contributed by atoms with Crippen LogP contribution < -0.4 is 0 Å². The minimum Gasteiger partial charge on any atom is -0.355 e. The molecule has 0 atom stereocenters. The van der Waals surface area contributed by atoms with Gasteiger partial charge in [0.15, 0.2) is 17.5 Å². The largest absolute Gasteiger partial charge is 0.355 e. The lowest BCUT2D eigenvalue weighted by Crippen LogP contribution is -2.00. The minimum atomic E-state index is 0.635. The van der Waals surface area contributed by atoms with Crippen LogP contribution in [0.5, 0.6) is 0 Å². The maximum atomic E-state index is 6.26. The zero-order valence-corrected chi connectivity index (χ0v) is 17.7. The standard InChI is InChI=1S/C27H17ClN4/c28-20-12-14-24-22(16-20)21-15-19(11-13-23(21)29-24)27-31-25(17-7-3-1-4-8-17)30-26(32-27)18-9-5-2-6-10-18/h1-16,29H. The fourth-order valence-corrected chi connectivity index (χ4v) is 4.12. The van der Waals surface area contributed by atoms with Crippen LogP contribution in [-0.2, 0) is 0 Å². The number of halogens is 1. The summed E-state index contributed by atoms with van der Waals surface area (Å²) in [5.41, 5.74) is 4.93. The first kappa shape index (κ1) is 18.7. The summed E-state index contributed by atoms with van der Waals surface area (Å²) in [4.78, 5) is 17.9. The monoisotopic (exact) mass is 432 g/mol. The second-order valence-corrected chi connectivity index (χ2v) is 8.05. The lowest BCUT2D eigenvalue weighted by molar-refractivity contribution is 1.07. The van der Waals surface area contributed by atoms with E-state index in [1.54, 1.807) is 0 Å². The lowest BCUT2D eigenvalue weighted by Gasteiger charge is -2.08. The summed E-state index contributed by atoms with van der Waals surface area (Å²) >= 11 is 6.26. The molecule has 0 saturated heterocycles. The highest BCUT2D eigenvalue weighted by atomic mass is 35.5. The molecule has 4 aromatic carbocycles. The highest BCUT2D eigenvalue weighted by Crippen LogP contribution is 2.32. The summed E-state index contributed by atoms with van der Waals surface area (Å²) in [7, 11) is 0. The van der Waals surface area contributed by atoms with E-state index in [9.17, 15) is 0 Å². The van der Waals surface area contributed by atoms with Crippen LogP contribution >= 0.6 is 11.6 Å². The molecule has 2 aromatic heterocycles. The fraction of sp³-hybridized carbons (Fsp3) is 0. The third-order valence-electron chi connectivity index (χ3n) is 5.52. The number of hydrogen-bond donors (Lipinski definition) is 1. The molecule has 4 nitrogen and oxygen atoms in total. The fourth-order valence-electron chi connectivity index (χ4n) is 3.95. The highest BCUT2D eigenvalue weighted by molar-refractivity contribution is 6.31. The van der Waals surface area contributed by atoms with Crippen LogP contribution in [0, 0.1) is 0 Å². The van der Waals surface area contributed by atoms with Crippen molar-refractivity contribution in [3.63, 3.8) is 0 Å². The Hall–Kier alpha value is -4.02. The zero-order chi connectivity index (χ0) is 21.5. The molecule has 5 heteroatoms. The van der Waals surface area contributed by atoms with Crippen LogP contribution in [-0.4, -0.2) is 19.9 Å². The predicted molar refractivity (Wildman–Crippen MR) is 131 cm³/mol. The number of H-pyrrole nitrogens is 1. The van der Waals surface area contributed by atoms with Crippen molar-refractivity contribution < 1.29 is 0 Å². The van der Waals surface area contributed by atoms with Gasteiger partial charge in [-0.05, 0) is 36.4 Å². The maximum absolute atomic E-state index is 6.26. The molecule has 0 spiro atoms. The van der Waals surface area contributed by atoms with Gasteiger partial charge in [0, 0.05) is 43.5 Å². The number of hydrogen-bond acceptors (Lipinski definition) is 3. The summed E-state index contributed by atoms with van der Waals surface area (Å²) in [5, 5.41) is 2.87. The third kappa shape index (κ3) is 3.31. The summed E-state index contributed by atoms with van der Waals surface area (Å²) in [6.45, 7) is 0. The van der Waals surface area contributed by atoms with Gasteiger partial charge in [0.2, 0.25) is 0 Å². The molecule has 0 aliphatic carbocycles. The lowest BCUT2D eigenvalue weighted by atomic mass is 10.1. The number of rotatable bonds is 3. The van der Waals surface area contributed by atoms with E-state index in [4.69, 9.17) is 26.6 Å². The van der Waals surface area contributed by atoms with E-state index >= 15 is 0 Å². The molecular formula is C27H17ClN4. The molecule has 32 heavy (non-hydrogen) atoms. The van der Waals surface area contributed by atoms with Crippen LogP contribution in [0.15, 0.2) is 97.1 Å². The van der Waals surface area contributed by atoms with Crippen LogP contribution in [0.1, 0.15) is 0 Å². The van der Waals surface area contributed by atoms with Crippen molar-refractivity contribution in [3.8, 4) is 34.2 Å². The van der Waals surface area contributed by atoms with Gasteiger partial charge in [0.05, 0.1) is 0 Å². The van der Waals surface area contributed by atoms with Gasteiger partial charge in [0.25, 0.3) is 0 Å². The number of fused-ring (bicyclic) bond motifs is 3. The summed E-state index contributed by atoms with van der Waals surface area (Å²) in [6.07, 6.45) is 0. The Morgan fingerprint density at radius 2 is 1.00 bits per heavy atom. The molecule has 0 bridgehead atoms. The Kier molecular flexibility index (Phi) is 4.44. The van der Waals surface area contributed by atoms with Crippen LogP contribution in [0.4, 0.5) is 0 Å². The van der Waals surface area contributed by atoms with Crippen molar-refractivity contribution in [1.29, 1.82) is 0 Å². The van der Waals surface area contributed by atoms with Crippen LogP contribution in [0.3, 0.4) is 0 Å². The van der Waals surface area contributed by atoms with Gasteiger partial charge in [-0.3, -0.25) is 0 Å². The van der Waals surface area contributed by atoms with Crippen molar-refractivity contribution in [2.45, 2.75) is 0 Å². The average Bonchev–Trinajstić information content (AvgIpc) is 3.22. The molecule has 0 radical (unpaired) electrons. The van der Waals surface area contributed by atoms with Gasteiger partial charge in [-0.15, -0.1) is 0 Å². The molecule has 0 aliphatic rings. The quantitative estimate of drug-likeness (QED) is 0.322. The first-order chi connectivity index (χ1) is 15.7. The summed E-state index contributed by atoms with van der Waals surface area (Å²) < 4.78 is 0. The second kappa shape index (κ2) is 7.59. The Morgan fingerprint density at radius 3 is 1.59 bits per heavy atom. The van der Waals surface area contributed by atoms with Crippen molar-refractivity contribution in [3.05, 3.63) is 102 Å². The third-order valence-corrected chi connectivity index (χ3v) is 5.75. The molecule has 1 N–H and O–H groups in total. The normalized spacial score (nSPS) is 11.3. The first-order valence-corrected chi connectivity index (χ1v) is 10.7. The smallest absolute Gasteiger partial charge is 0.164 e. The van der Waals surface area contributed by atoms with E-state index < -0.39 is 0 Å². The molecule has 0 amide bonds. The molecule has 152 valence electrons. The topological polar surface area (TPSA) is 54.5 Å². The SMILES string of the molecule is Clc1ccc2[nH]c3ccc(-c4nc(-c5ccccc5)nc(-c5ccccc5)n4)cc3c2c1. The van der Waals surface area contributed by atoms with Crippen molar-refractivity contribution in [2.75, 3.05) is 0 Å². The van der Waals surface area contributed by atoms with E-state index in [1.165, 1.54) is 0 Å². The summed E-state index contributed by atoms with van der Waals surface area (Å²) in [6, 6.07) is 32.1. The Balaban J connectivity index is 1.58. The number of nitrogens with one attached hydrogen (secondary N) is 1. The van der Waals surface area contributed by atoms with E-state index in [-0.39, 0.29) is 0 Å². The van der Waals surface area contributed by atoms with Gasteiger partial charge in [-0.2, -0.15) is 0 Å². The number of benzene rings is 4. The van der Waals surface area contributed by atoms with E-state index in [0.29, 0.717) is 22.5 Å². The van der Waals surface area contributed by atoms with E-state index in [1.807, 2.05) is 84.9 Å². The van der Waals surface area contributed by atoms with Gasteiger partial charge in [-0.25, -0.2) is 15.0 Å². The molecular weight excluding hydrogens is 416 g/mol. The average molecular weight is 433 g/mol. The first-order valence-electron chi connectivity index (χ1n) is 10.3. The highest BCUT2D eigenvalue weighted by Gasteiger charge is 2.13. The number of aromatic amines is 1. The number of aromatic nitrogens is 4. The van der Waals surface area contributed by atoms with Gasteiger partial charge >= 0.3 is 0 Å². The number of nitrogens with zero attached hydrogens (tertiary/aromatic N) is 3. The van der Waals surface area contributed by atoms with Gasteiger partial charge in [0.1, 0.15) is 0 Å². The molecule has 0 aliphatic heterocycles. The maximum Gasteiger partial charge on any atom is 0.164 e. The van der Waals surface area contributed by atoms with E-state index in [2.05, 4.69) is 17.1 Å². The van der Waals surface area contributed by atoms with Gasteiger partial charge in [-0.1, -0.05) is 72.3 Å². The van der Waals surface area contributed by atoms with Crippen LogP contribution in [0.2, 0.25) is 5.02 Å². The van der Waals surface area contributed by atoms with Crippen LogP contribution in [0.25, 0.3) is 56.0 Å². The summed E-state index contributed by atoms with van der Waals surface area (Å²) in [5.74, 6) is 1.93. The zero-order valence-electron chi connectivity index (χ0n) is 17.0. The van der Waals surface area contributed by atoms with Crippen molar-refractivity contribution in [2.24, 2.45) is 0 Å². The van der Waals surface area contributed by atoms with Crippen molar-refractivity contribution in [1.82, 2.24) is 19.9 Å². The Bertz CT molecular complexity index is 1520. The van der Waals surface area contributed by atoms with Gasteiger partial charge < -0.3 is 4.98 Å². The Labute approximate surface area is 189 Å². The molecule has 2 heterocycles. The molecule has 6 rings (SSSR count). The molecule has 0 saturated carbocycles. The Morgan fingerprint density at radius 1 is 0.500 bits per heavy atom. The van der Waals surface area contributed by atoms with Crippen molar-refractivity contribution >= 4 is 33.4 Å². The molecule has 6 aromatic rings. The second-order valence-electron chi connectivity index (χ2n) is 7.61. The molecule has 0 unspecified atom stereocenters. The van der Waals surface area contributed by atoms with E-state index in [0.717, 1.165) is 38.5 Å². The minimum absolute atomic E-state index is 0.635. The predicted octanol–water partition coefficient (Wildman–Crippen LogP) is 7.16.